The van der Waals surface area contributed by atoms with Crippen LogP contribution in [0.2, 0.25) is 0 Å². The molecule has 5 heteroatoms. The van der Waals surface area contributed by atoms with Crippen LogP contribution < -0.4 is 10.1 Å². The van der Waals surface area contributed by atoms with Gasteiger partial charge >= 0.3 is 0 Å². The van der Waals surface area contributed by atoms with Gasteiger partial charge in [-0.1, -0.05) is 35.4 Å². The summed E-state index contributed by atoms with van der Waals surface area (Å²) in [7, 11) is 1.61. The molecule has 0 aromatic heterocycles. The molecule has 0 fully saturated rings. The average molecular weight is 383 g/mol. The van der Waals surface area contributed by atoms with E-state index in [-0.39, 0.29) is 25.0 Å². The maximum atomic E-state index is 12.4. The zero-order chi connectivity index (χ0) is 21.0. The van der Waals surface area contributed by atoms with Crippen molar-refractivity contribution in [1.82, 2.24) is 4.90 Å². The van der Waals surface area contributed by atoms with E-state index in [1.165, 1.54) is 4.90 Å². The summed E-state index contributed by atoms with van der Waals surface area (Å²) in [5.74, 6) is 0.253. The Morgan fingerprint density at radius 2 is 1.32 bits per heavy atom. The van der Waals surface area contributed by atoms with Crippen LogP contribution >= 0.6 is 0 Å². The lowest BCUT2D eigenvalue weighted by atomic mass is 10.1. The van der Waals surface area contributed by atoms with E-state index in [2.05, 4.69) is 5.32 Å². The van der Waals surface area contributed by atoms with Gasteiger partial charge in [0.15, 0.2) is 6.61 Å². The summed E-state index contributed by atoms with van der Waals surface area (Å²) in [5, 5.41) is 2.92. The molecule has 1 N–H and O–H groups in total. The number of carbonyl (C=O) groups excluding carboxylic acids is 2. The second kappa shape index (κ2) is 8.91. The van der Waals surface area contributed by atoms with Crippen molar-refractivity contribution in [2.24, 2.45) is 0 Å². The first-order valence-electron chi connectivity index (χ1n) is 9.40. The van der Waals surface area contributed by atoms with Gasteiger partial charge in [-0.15, -0.1) is 0 Å². The number of nitrogens with one attached hydrogen (secondary N) is 1. The molecule has 0 radical (unpaired) electrons. The van der Waals surface area contributed by atoms with E-state index in [0.29, 0.717) is 0 Å². The molecule has 0 aliphatic heterocycles. The molecule has 0 aliphatic carbocycles. The Morgan fingerprint density at radius 3 is 1.82 bits per heavy atom. The molecule has 0 saturated heterocycles. The lowest BCUT2D eigenvalue weighted by Crippen LogP contribution is -2.37. The Labute approximate surface area is 167 Å². The molecule has 0 saturated carbocycles. The highest BCUT2D eigenvalue weighted by Crippen LogP contribution is 2.24. The van der Waals surface area contributed by atoms with Gasteiger partial charge < -0.3 is 15.0 Å². The van der Waals surface area contributed by atoms with Crippen molar-refractivity contribution < 1.29 is 14.3 Å². The molecule has 2 aromatic carbocycles. The Balaban J connectivity index is 1.95. The first kappa shape index (κ1) is 21.5. The molecule has 0 atom stereocenters. The molecule has 5 nitrogen and oxygen atoms in total. The molecule has 0 heterocycles. The quantitative estimate of drug-likeness (QED) is 0.821. The minimum atomic E-state index is -0.244. The van der Waals surface area contributed by atoms with Crippen molar-refractivity contribution in [3.63, 3.8) is 0 Å². The Morgan fingerprint density at radius 1 is 0.857 bits per heavy atom. The fraction of sp³-hybridized carbons (Fsp3) is 0.391. The zero-order valence-corrected chi connectivity index (χ0v) is 17.9. The van der Waals surface area contributed by atoms with Gasteiger partial charge in [0.1, 0.15) is 5.75 Å². The topological polar surface area (TPSA) is 58.6 Å². The molecule has 0 bridgehead atoms. The summed E-state index contributed by atoms with van der Waals surface area (Å²) in [6, 6.07) is 8.10. The van der Waals surface area contributed by atoms with Crippen LogP contribution in [0.4, 0.5) is 5.69 Å². The molecule has 28 heavy (non-hydrogen) atoms. The van der Waals surface area contributed by atoms with E-state index in [9.17, 15) is 9.59 Å². The third-order valence-corrected chi connectivity index (χ3v) is 4.69. The second-order valence-electron chi connectivity index (χ2n) is 7.59. The highest BCUT2D eigenvalue weighted by Gasteiger charge is 2.16. The molecule has 0 unspecified atom stereocenters. The molecule has 0 aliphatic rings. The minimum Gasteiger partial charge on any atom is -0.483 e. The maximum Gasteiger partial charge on any atom is 0.260 e. The summed E-state index contributed by atoms with van der Waals surface area (Å²) >= 11 is 0. The van der Waals surface area contributed by atoms with Gasteiger partial charge in [-0.05, 0) is 63.8 Å². The van der Waals surface area contributed by atoms with Gasteiger partial charge in [0.25, 0.3) is 5.91 Å². The largest absolute Gasteiger partial charge is 0.483 e. The van der Waals surface area contributed by atoms with E-state index in [1.807, 2.05) is 65.8 Å². The van der Waals surface area contributed by atoms with Crippen LogP contribution in [0.3, 0.4) is 0 Å². The van der Waals surface area contributed by atoms with Crippen molar-refractivity contribution in [3.8, 4) is 5.75 Å². The summed E-state index contributed by atoms with van der Waals surface area (Å²) in [6.45, 7) is 11.8. The number of nitrogens with zero attached hydrogens (tertiary/aromatic N) is 1. The van der Waals surface area contributed by atoms with E-state index in [1.54, 1.807) is 7.05 Å². The van der Waals surface area contributed by atoms with Crippen LogP contribution in [0.1, 0.15) is 33.4 Å². The van der Waals surface area contributed by atoms with E-state index < -0.39 is 0 Å². The third-order valence-electron chi connectivity index (χ3n) is 4.69. The first-order valence-corrected chi connectivity index (χ1v) is 9.40. The van der Waals surface area contributed by atoms with Crippen molar-refractivity contribution in [2.45, 2.75) is 41.5 Å². The van der Waals surface area contributed by atoms with Gasteiger partial charge in [-0.2, -0.15) is 0 Å². The summed E-state index contributed by atoms with van der Waals surface area (Å²) in [5.41, 5.74) is 7.12. The molecule has 2 amide bonds. The van der Waals surface area contributed by atoms with Crippen LogP contribution in [0.5, 0.6) is 5.75 Å². The predicted molar refractivity (Wildman–Crippen MR) is 113 cm³/mol. The van der Waals surface area contributed by atoms with Crippen LogP contribution in [-0.4, -0.2) is 36.9 Å². The number of aryl methyl sites for hydroxylation is 6. The number of amides is 2. The normalized spacial score (nSPS) is 10.5. The lowest BCUT2D eigenvalue weighted by molar-refractivity contribution is -0.135. The highest BCUT2D eigenvalue weighted by atomic mass is 16.5. The number of anilines is 1. The van der Waals surface area contributed by atoms with Crippen molar-refractivity contribution in [2.75, 3.05) is 25.5 Å². The fourth-order valence-corrected chi connectivity index (χ4v) is 3.50. The summed E-state index contributed by atoms with van der Waals surface area (Å²) in [6.07, 6.45) is 0. The molecule has 0 spiro atoms. The summed E-state index contributed by atoms with van der Waals surface area (Å²) < 4.78 is 5.73. The van der Waals surface area contributed by atoms with Crippen molar-refractivity contribution in [1.29, 1.82) is 0 Å². The van der Waals surface area contributed by atoms with Crippen molar-refractivity contribution >= 4 is 17.5 Å². The fourth-order valence-electron chi connectivity index (χ4n) is 3.50. The number of hydrogen-bond donors (Lipinski definition) is 1. The van der Waals surface area contributed by atoms with Gasteiger partial charge in [0.05, 0.1) is 6.54 Å². The molecule has 150 valence electrons. The van der Waals surface area contributed by atoms with Gasteiger partial charge in [-0.25, -0.2) is 0 Å². The average Bonchev–Trinajstić information content (AvgIpc) is 2.56. The highest BCUT2D eigenvalue weighted by molar-refractivity contribution is 5.95. The van der Waals surface area contributed by atoms with Gasteiger partial charge in [0, 0.05) is 12.7 Å². The number of ether oxygens (including phenoxy) is 1. The smallest absolute Gasteiger partial charge is 0.260 e. The number of rotatable bonds is 6. The Bertz CT molecular complexity index is 857. The Hall–Kier alpha value is -2.82. The summed E-state index contributed by atoms with van der Waals surface area (Å²) in [4.78, 5) is 26.2. The van der Waals surface area contributed by atoms with Crippen LogP contribution in [0, 0.1) is 41.5 Å². The van der Waals surface area contributed by atoms with Gasteiger partial charge in [-0.3, -0.25) is 9.59 Å². The minimum absolute atomic E-state index is 0.0270. The first-order chi connectivity index (χ1) is 13.1. The molecule has 2 aromatic rings. The van der Waals surface area contributed by atoms with E-state index >= 15 is 0 Å². The second-order valence-corrected chi connectivity index (χ2v) is 7.59. The third kappa shape index (κ3) is 5.35. The number of hydrogen-bond acceptors (Lipinski definition) is 3. The van der Waals surface area contributed by atoms with Gasteiger partial charge in [0.2, 0.25) is 5.91 Å². The zero-order valence-electron chi connectivity index (χ0n) is 17.9. The van der Waals surface area contributed by atoms with E-state index in [0.717, 1.165) is 44.8 Å². The van der Waals surface area contributed by atoms with Crippen LogP contribution in [-0.2, 0) is 9.59 Å². The van der Waals surface area contributed by atoms with E-state index in [4.69, 9.17) is 4.74 Å². The van der Waals surface area contributed by atoms with Crippen LogP contribution in [0.15, 0.2) is 24.3 Å². The lowest BCUT2D eigenvalue weighted by Gasteiger charge is -2.19. The molecular weight excluding hydrogens is 352 g/mol. The number of likely N-dealkylation sites (N-methyl/N-ethyl adjacent to an activating group) is 1. The molecule has 2 rings (SSSR count). The van der Waals surface area contributed by atoms with Crippen LogP contribution in [0.25, 0.3) is 0 Å². The number of benzene rings is 2. The molecular formula is C23H30N2O3. The maximum absolute atomic E-state index is 12.4. The SMILES string of the molecule is Cc1cc(C)c(NC(=O)CN(C)C(=O)COc2c(C)cc(C)cc2C)c(C)c1. The predicted octanol–water partition coefficient (Wildman–Crippen LogP) is 4.01. The van der Waals surface area contributed by atoms with Crippen molar-refractivity contribution in [3.05, 3.63) is 57.6 Å². The standard InChI is InChI=1S/C23H30N2O3/c1-14-8-16(3)22(17(4)9-14)24-20(26)12-25(7)21(27)13-28-23-18(5)10-15(2)11-19(23)6/h8-11H,12-13H2,1-7H3,(H,24,26). The number of carbonyl (C=O) groups is 2. The monoisotopic (exact) mass is 382 g/mol. The Kier molecular flexibility index (Phi) is 6.84.